The molecule has 0 radical (unpaired) electrons. The van der Waals surface area contributed by atoms with Crippen LogP contribution in [0, 0.1) is 17.2 Å². The number of hydrogen-bond donors (Lipinski definition) is 0. The van der Waals surface area contributed by atoms with Crippen LogP contribution in [-0.4, -0.2) is 4.57 Å². The third-order valence-corrected chi connectivity index (χ3v) is 3.97. The summed E-state index contributed by atoms with van der Waals surface area (Å²) in [5.41, 5.74) is 3.99. The molecule has 1 aromatic heterocycles. The molecule has 0 saturated heterocycles. The van der Waals surface area contributed by atoms with Gasteiger partial charge in [-0.15, -0.1) is 0 Å². The minimum absolute atomic E-state index is 0.0101. The van der Waals surface area contributed by atoms with Gasteiger partial charge in [-0.2, -0.15) is 5.26 Å². The Morgan fingerprint density at radius 1 is 1.33 bits per heavy atom. The van der Waals surface area contributed by atoms with Crippen molar-refractivity contribution >= 4 is 10.9 Å². The smallest absolute Gasteiger partial charge is 0.0736 e. The van der Waals surface area contributed by atoms with Crippen LogP contribution in [0.5, 0.6) is 0 Å². The molecule has 2 aromatic rings. The first-order valence-corrected chi connectivity index (χ1v) is 6.72. The van der Waals surface area contributed by atoms with Crippen molar-refractivity contribution in [1.82, 2.24) is 4.57 Å². The van der Waals surface area contributed by atoms with Gasteiger partial charge in [0, 0.05) is 18.1 Å². The molecular formula is C16H18N2. The first-order chi connectivity index (χ1) is 8.70. The van der Waals surface area contributed by atoms with Crippen LogP contribution in [0.15, 0.2) is 24.4 Å². The summed E-state index contributed by atoms with van der Waals surface area (Å²) in [4.78, 5) is 0. The van der Waals surface area contributed by atoms with Gasteiger partial charge in [0.15, 0.2) is 0 Å². The Labute approximate surface area is 108 Å². The Morgan fingerprint density at radius 2 is 2.17 bits per heavy atom. The van der Waals surface area contributed by atoms with Gasteiger partial charge in [0.05, 0.1) is 17.5 Å². The van der Waals surface area contributed by atoms with Crippen LogP contribution in [0.4, 0.5) is 0 Å². The number of benzene rings is 1. The van der Waals surface area contributed by atoms with E-state index in [9.17, 15) is 5.26 Å². The Hall–Kier alpha value is -1.75. The highest BCUT2D eigenvalue weighted by molar-refractivity contribution is 5.85. The van der Waals surface area contributed by atoms with Gasteiger partial charge in [-0.25, -0.2) is 0 Å². The summed E-state index contributed by atoms with van der Waals surface area (Å²) in [7, 11) is 0. The van der Waals surface area contributed by atoms with E-state index in [-0.39, 0.29) is 5.92 Å². The molecule has 0 fully saturated rings. The van der Waals surface area contributed by atoms with Crippen LogP contribution < -0.4 is 0 Å². The van der Waals surface area contributed by atoms with Crippen molar-refractivity contribution in [2.45, 2.75) is 39.2 Å². The Bertz CT molecular complexity index is 628. The predicted octanol–water partition coefficient (Wildman–Crippen LogP) is 3.85. The lowest BCUT2D eigenvalue weighted by Gasteiger charge is -2.19. The summed E-state index contributed by atoms with van der Waals surface area (Å²) >= 11 is 0. The molecule has 2 nitrogen and oxygen atoms in total. The van der Waals surface area contributed by atoms with Gasteiger partial charge in [0.2, 0.25) is 0 Å². The van der Waals surface area contributed by atoms with Crippen molar-refractivity contribution in [3.8, 4) is 6.07 Å². The number of aromatic nitrogens is 1. The van der Waals surface area contributed by atoms with Crippen LogP contribution in [-0.2, 0) is 13.0 Å². The highest BCUT2D eigenvalue weighted by atomic mass is 15.0. The minimum Gasteiger partial charge on any atom is -0.347 e. The summed E-state index contributed by atoms with van der Waals surface area (Å²) in [6.45, 7) is 5.37. The van der Waals surface area contributed by atoms with Crippen molar-refractivity contribution in [1.29, 1.82) is 5.26 Å². The average molecular weight is 238 g/mol. The van der Waals surface area contributed by atoms with E-state index < -0.39 is 0 Å². The Balaban J connectivity index is 2.19. The van der Waals surface area contributed by atoms with Gasteiger partial charge in [0.25, 0.3) is 0 Å². The van der Waals surface area contributed by atoms with E-state index in [0.29, 0.717) is 5.92 Å². The van der Waals surface area contributed by atoms with Crippen LogP contribution in [0.3, 0.4) is 0 Å². The molecule has 1 aliphatic heterocycles. The Kier molecular flexibility index (Phi) is 2.63. The molecule has 0 aliphatic carbocycles. The van der Waals surface area contributed by atoms with Crippen LogP contribution in [0.25, 0.3) is 10.9 Å². The van der Waals surface area contributed by atoms with Gasteiger partial charge >= 0.3 is 0 Å². The lowest BCUT2D eigenvalue weighted by Crippen LogP contribution is -2.09. The monoisotopic (exact) mass is 238 g/mol. The second kappa shape index (κ2) is 4.17. The molecule has 18 heavy (non-hydrogen) atoms. The lowest BCUT2D eigenvalue weighted by molar-refractivity contribution is 0.585. The third kappa shape index (κ3) is 1.62. The standard InChI is InChI=1S/C16H18N2/c1-11(2)15(10-17)14-8-12-4-3-6-18-7-5-13(9-14)16(12)18/h5,7-9,11,15H,3-4,6H2,1-2H3. The lowest BCUT2D eigenvalue weighted by atomic mass is 9.87. The SMILES string of the molecule is CC(C)C(C#N)c1cc2c3c(ccn3CCC2)c1. The molecule has 1 unspecified atom stereocenters. The summed E-state index contributed by atoms with van der Waals surface area (Å²) in [5, 5.41) is 10.6. The molecule has 0 amide bonds. The zero-order valence-corrected chi connectivity index (χ0v) is 11.0. The molecule has 0 N–H and O–H groups in total. The van der Waals surface area contributed by atoms with Crippen molar-refractivity contribution in [2.24, 2.45) is 5.92 Å². The summed E-state index contributed by atoms with van der Waals surface area (Å²) in [6, 6.07) is 9.09. The van der Waals surface area contributed by atoms with Crippen molar-refractivity contribution in [3.63, 3.8) is 0 Å². The van der Waals surface area contributed by atoms with Gasteiger partial charge < -0.3 is 4.57 Å². The maximum Gasteiger partial charge on any atom is 0.0736 e. The third-order valence-electron chi connectivity index (χ3n) is 3.97. The fourth-order valence-electron chi connectivity index (χ4n) is 3.07. The molecule has 3 rings (SSSR count). The van der Waals surface area contributed by atoms with E-state index in [4.69, 9.17) is 0 Å². The van der Waals surface area contributed by atoms with E-state index in [1.165, 1.54) is 28.5 Å². The molecule has 0 spiro atoms. The number of nitrogens with zero attached hydrogens (tertiary/aromatic N) is 2. The van der Waals surface area contributed by atoms with E-state index in [1.807, 2.05) is 0 Å². The first kappa shape index (κ1) is 11.3. The topological polar surface area (TPSA) is 28.7 Å². The van der Waals surface area contributed by atoms with Gasteiger partial charge in [-0.3, -0.25) is 0 Å². The molecule has 0 saturated carbocycles. The summed E-state index contributed by atoms with van der Waals surface area (Å²) in [5.74, 6) is 0.376. The molecule has 1 atom stereocenters. The molecule has 1 aliphatic rings. The fraction of sp³-hybridized carbons (Fsp3) is 0.438. The van der Waals surface area contributed by atoms with E-state index in [2.05, 4.69) is 48.9 Å². The van der Waals surface area contributed by atoms with E-state index in [1.54, 1.807) is 0 Å². The van der Waals surface area contributed by atoms with Crippen molar-refractivity contribution < 1.29 is 0 Å². The van der Waals surface area contributed by atoms with Crippen LogP contribution in [0.1, 0.15) is 37.3 Å². The van der Waals surface area contributed by atoms with E-state index >= 15 is 0 Å². The van der Waals surface area contributed by atoms with Gasteiger partial charge in [-0.1, -0.05) is 19.9 Å². The molecule has 2 heteroatoms. The second-order valence-corrected chi connectivity index (χ2v) is 5.58. The van der Waals surface area contributed by atoms with Gasteiger partial charge in [0.1, 0.15) is 0 Å². The molecule has 0 bridgehead atoms. The molecule has 92 valence electrons. The summed E-state index contributed by atoms with van der Waals surface area (Å²) in [6.07, 6.45) is 4.53. The highest BCUT2D eigenvalue weighted by Crippen LogP contribution is 2.32. The molecule has 2 heterocycles. The zero-order chi connectivity index (χ0) is 12.7. The maximum absolute atomic E-state index is 9.35. The number of rotatable bonds is 2. The average Bonchev–Trinajstić information content (AvgIpc) is 2.75. The number of nitriles is 1. The predicted molar refractivity (Wildman–Crippen MR) is 73.5 cm³/mol. The normalized spacial score (nSPS) is 15.9. The van der Waals surface area contributed by atoms with Gasteiger partial charge in [-0.05, 0) is 42.0 Å². The van der Waals surface area contributed by atoms with Crippen molar-refractivity contribution in [2.75, 3.05) is 0 Å². The van der Waals surface area contributed by atoms with Crippen LogP contribution in [0.2, 0.25) is 0 Å². The second-order valence-electron chi connectivity index (χ2n) is 5.58. The molecular weight excluding hydrogens is 220 g/mol. The fourth-order valence-corrected chi connectivity index (χ4v) is 3.07. The minimum atomic E-state index is 0.0101. The molecule has 1 aromatic carbocycles. The maximum atomic E-state index is 9.35. The van der Waals surface area contributed by atoms with Crippen molar-refractivity contribution in [3.05, 3.63) is 35.5 Å². The van der Waals surface area contributed by atoms with E-state index in [0.717, 1.165) is 13.0 Å². The number of hydrogen-bond acceptors (Lipinski definition) is 1. The first-order valence-electron chi connectivity index (χ1n) is 6.72. The van der Waals surface area contributed by atoms with Crippen LogP contribution >= 0.6 is 0 Å². The Morgan fingerprint density at radius 3 is 2.89 bits per heavy atom. The zero-order valence-electron chi connectivity index (χ0n) is 11.0. The highest BCUT2D eigenvalue weighted by Gasteiger charge is 2.19. The summed E-state index contributed by atoms with van der Waals surface area (Å²) < 4.78 is 2.34. The number of aryl methyl sites for hydroxylation is 2. The quantitative estimate of drug-likeness (QED) is 0.781. The largest absolute Gasteiger partial charge is 0.347 e.